The summed E-state index contributed by atoms with van der Waals surface area (Å²) in [6.07, 6.45) is 0. The van der Waals surface area contributed by atoms with Crippen LogP contribution in [0.15, 0.2) is 42.5 Å². The van der Waals surface area contributed by atoms with Crippen LogP contribution in [0.1, 0.15) is 23.1 Å². The number of nitrogens with zero attached hydrogens (tertiary/aromatic N) is 4. The van der Waals surface area contributed by atoms with Crippen LogP contribution in [-0.2, 0) is 13.1 Å². The van der Waals surface area contributed by atoms with Crippen molar-refractivity contribution in [2.24, 2.45) is 0 Å². The number of amides is 1. The Hall–Kier alpha value is -2.44. The van der Waals surface area contributed by atoms with E-state index in [9.17, 15) is 9.18 Å². The highest BCUT2D eigenvalue weighted by Crippen LogP contribution is 2.30. The number of hydrogen-bond acceptors (Lipinski definition) is 3. The highest BCUT2D eigenvalue weighted by Gasteiger charge is 2.31. The van der Waals surface area contributed by atoms with Crippen molar-refractivity contribution >= 4 is 29.1 Å². The first-order valence-electron chi connectivity index (χ1n) is 8.38. The number of hydrogen-bond donors (Lipinski definition) is 0. The third kappa shape index (κ3) is 3.19. The molecule has 1 aliphatic heterocycles. The van der Waals surface area contributed by atoms with E-state index in [0.717, 1.165) is 5.56 Å². The van der Waals surface area contributed by atoms with Crippen LogP contribution < -0.4 is 0 Å². The van der Waals surface area contributed by atoms with Crippen molar-refractivity contribution in [3.05, 3.63) is 69.7 Å². The summed E-state index contributed by atoms with van der Waals surface area (Å²) in [6, 6.07) is 11.0. The lowest BCUT2D eigenvalue weighted by Gasteiger charge is -2.34. The number of fused-ring (bicyclic) bond motifs is 1. The Kier molecular flexibility index (Phi) is 4.61. The van der Waals surface area contributed by atoms with Crippen LogP contribution >= 0.6 is 23.2 Å². The van der Waals surface area contributed by atoms with Crippen LogP contribution in [0.5, 0.6) is 0 Å². The number of carbonyl (C=O) groups excluding carboxylic acids is 1. The molecule has 1 amide bonds. The molecular formula is C19H15Cl2FN4O. The normalized spacial score (nSPS) is 16.3. The van der Waals surface area contributed by atoms with Crippen molar-refractivity contribution in [1.82, 2.24) is 19.7 Å². The molecule has 27 heavy (non-hydrogen) atoms. The van der Waals surface area contributed by atoms with Crippen molar-refractivity contribution in [3.8, 4) is 11.4 Å². The zero-order chi connectivity index (χ0) is 19.1. The first kappa shape index (κ1) is 17.9. The summed E-state index contributed by atoms with van der Waals surface area (Å²) < 4.78 is 15.1. The van der Waals surface area contributed by atoms with Crippen molar-refractivity contribution in [2.75, 3.05) is 0 Å². The van der Waals surface area contributed by atoms with Gasteiger partial charge in [0.05, 0.1) is 22.2 Å². The summed E-state index contributed by atoms with van der Waals surface area (Å²) >= 11 is 12.2. The maximum atomic E-state index is 13.2. The third-order valence-electron chi connectivity index (χ3n) is 4.66. The van der Waals surface area contributed by atoms with E-state index in [1.807, 2.05) is 11.5 Å². The molecule has 2 heterocycles. The number of halogens is 3. The number of rotatable bonds is 2. The molecule has 1 aromatic heterocycles. The quantitative estimate of drug-likeness (QED) is 0.634. The van der Waals surface area contributed by atoms with E-state index < -0.39 is 0 Å². The Balaban J connectivity index is 1.65. The van der Waals surface area contributed by atoms with Gasteiger partial charge in [-0.05, 0) is 43.3 Å². The van der Waals surface area contributed by atoms with Gasteiger partial charge in [-0.1, -0.05) is 29.3 Å². The average Bonchev–Trinajstić information content (AvgIpc) is 3.06. The Labute approximate surface area is 165 Å². The molecule has 2 aromatic carbocycles. The molecule has 5 nitrogen and oxygen atoms in total. The smallest absolute Gasteiger partial charge is 0.256 e. The van der Waals surface area contributed by atoms with Gasteiger partial charge in [-0.3, -0.25) is 4.79 Å². The van der Waals surface area contributed by atoms with Crippen molar-refractivity contribution in [2.45, 2.75) is 26.1 Å². The summed E-state index contributed by atoms with van der Waals surface area (Å²) in [6.45, 7) is 2.78. The molecule has 0 saturated carbocycles. The lowest BCUT2D eigenvalue weighted by molar-refractivity contribution is 0.0612. The van der Waals surface area contributed by atoms with E-state index in [-0.39, 0.29) is 22.8 Å². The molecule has 1 atom stereocenters. The fourth-order valence-electron chi connectivity index (χ4n) is 3.22. The van der Waals surface area contributed by atoms with Gasteiger partial charge in [-0.15, -0.1) is 10.2 Å². The van der Waals surface area contributed by atoms with E-state index in [1.54, 1.807) is 35.2 Å². The second-order valence-electron chi connectivity index (χ2n) is 6.44. The van der Waals surface area contributed by atoms with Gasteiger partial charge in [0.1, 0.15) is 5.82 Å². The van der Waals surface area contributed by atoms with Gasteiger partial charge in [-0.25, -0.2) is 4.39 Å². The minimum Gasteiger partial charge on any atom is -0.327 e. The van der Waals surface area contributed by atoms with Gasteiger partial charge in [0, 0.05) is 18.2 Å². The minimum absolute atomic E-state index is 0.102. The van der Waals surface area contributed by atoms with Gasteiger partial charge in [0.25, 0.3) is 5.91 Å². The van der Waals surface area contributed by atoms with Gasteiger partial charge < -0.3 is 9.47 Å². The van der Waals surface area contributed by atoms with Crippen LogP contribution in [0.4, 0.5) is 4.39 Å². The SMILES string of the molecule is CC1Cn2c(nnc2-c2ccc(F)cc2)CN1C(=O)c1cccc(Cl)c1Cl. The highest BCUT2D eigenvalue weighted by atomic mass is 35.5. The van der Waals surface area contributed by atoms with Crippen LogP contribution in [-0.4, -0.2) is 31.6 Å². The molecule has 0 aliphatic carbocycles. The monoisotopic (exact) mass is 404 g/mol. The standard InChI is InChI=1S/C19H15Cl2FN4O/c1-11-9-26-16(23-24-18(26)12-5-7-13(22)8-6-12)10-25(11)19(27)14-3-2-4-15(20)17(14)21/h2-8,11H,9-10H2,1H3. The lowest BCUT2D eigenvalue weighted by atomic mass is 10.1. The average molecular weight is 405 g/mol. The summed E-state index contributed by atoms with van der Waals surface area (Å²) in [5.41, 5.74) is 1.14. The summed E-state index contributed by atoms with van der Waals surface area (Å²) in [5, 5.41) is 9.05. The molecule has 0 saturated heterocycles. The van der Waals surface area contributed by atoms with Crippen LogP contribution in [0.25, 0.3) is 11.4 Å². The number of aromatic nitrogens is 3. The third-order valence-corrected chi connectivity index (χ3v) is 5.48. The molecule has 0 spiro atoms. The van der Waals surface area contributed by atoms with E-state index >= 15 is 0 Å². The molecular weight excluding hydrogens is 390 g/mol. The molecule has 0 bridgehead atoms. The Bertz CT molecular complexity index is 1020. The predicted molar refractivity (Wildman–Crippen MR) is 101 cm³/mol. The maximum Gasteiger partial charge on any atom is 0.256 e. The van der Waals surface area contributed by atoms with Gasteiger partial charge in [-0.2, -0.15) is 0 Å². The van der Waals surface area contributed by atoms with Crippen molar-refractivity contribution in [3.63, 3.8) is 0 Å². The lowest BCUT2D eigenvalue weighted by Crippen LogP contribution is -2.45. The summed E-state index contributed by atoms with van der Waals surface area (Å²) in [5.74, 6) is 0.817. The summed E-state index contributed by atoms with van der Waals surface area (Å²) in [7, 11) is 0. The number of carbonyl (C=O) groups is 1. The number of benzene rings is 2. The Morgan fingerprint density at radius 3 is 2.63 bits per heavy atom. The molecule has 3 aromatic rings. The van der Waals surface area contributed by atoms with Gasteiger partial charge in [0.2, 0.25) is 0 Å². The fourth-order valence-corrected chi connectivity index (χ4v) is 3.60. The van der Waals surface area contributed by atoms with Crippen LogP contribution in [0.3, 0.4) is 0 Å². The first-order chi connectivity index (χ1) is 13.0. The first-order valence-corrected chi connectivity index (χ1v) is 9.14. The summed E-state index contributed by atoms with van der Waals surface area (Å²) in [4.78, 5) is 14.7. The molecule has 0 fully saturated rings. The zero-order valence-electron chi connectivity index (χ0n) is 14.4. The Morgan fingerprint density at radius 1 is 1.15 bits per heavy atom. The highest BCUT2D eigenvalue weighted by molar-refractivity contribution is 6.43. The maximum absolute atomic E-state index is 13.2. The van der Waals surface area contributed by atoms with Crippen LogP contribution in [0.2, 0.25) is 10.0 Å². The van der Waals surface area contributed by atoms with E-state index in [0.29, 0.717) is 35.3 Å². The molecule has 138 valence electrons. The predicted octanol–water partition coefficient (Wildman–Crippen LogP) is 4.44. The van der Waals surface area contributed by atoms with Gasteiger partial charge in [0.15, 0.2) is 11.6 Å². The molecule has 8 heteroatoms. The van der Waals surface area contributed by atoms with Gasteiger partial charge >= 0.3 is 0 Å². The second kappa shape index (κ2) is 6.94. The topological polar surface area (TPSA) is 51.0 Å². The van der Waals surface area contributed by atoms with E-state index in [2.05, 4.69) is 10.2 Å². The Morgan fingerprint density at radius 2 is 1.89 bits per heavy atom. The molecule has 0 N–H and O–H groups in total. The second-order valence-corrected chi connectivity index (χ2v) is 7.23. The zero-order valence-corrected chi connectivity index (χ0v) is 15.9. The van der Waals surface area contributed by atoms with Crippen molar-refractivity contribution < 1.29 is 9.18 Å². The van der Waals surface area contributed by atoms with Crippen molar-refractivity contribution in [1.29, 1.82) is 0 Å². The molecule has 0 radical (unpaired) electrons. The fraction of sp³-hybridized carbons (Fsp3) is 0.211. The molecule has 1 aliphatic rings. The largest absolute Gasteiger partial charge is 0.327 e. The van der Waals surface area contributed by atoms with E-state index in [4.69, 9.17) is 23.2 Å². The molecule has 1 unspecified atom stereocenters. The molecule has 4 rings (SSSR count). The van der Waals surface area contributed by atoms with E-state index in [1.165, 1.54) is 12.1 Å². The van der Waals surface area contributed by atoms with Crippen LogP contribution in [0, 0.1) is 5.82 Å². The minimum atomic E-state index is -0.305.